The van der Waals surface area contributed by atoms with Crippen LogP contribution in [0.3, 0.4) is 0 Å². The summed E-state index contributed by atoms with van der Waals surface area (Å²) in [6, 6.07) is 7.63. The molecule has 7 nitrogen and oxygen atoms in total. The molecule has 0 saturated heterocycles. The van der Waals surface area contributed by atoms with Gasteiger partial charge >= 0.3 is 6.03 Å². The molecular formula is C26H32FN5O2S2. The molecular weight excluding hydrogens is 497 g/mol. The Morgan fingerprint density at radius 1 is 1.19 bits per heavy atom. The van der Waals surface area contributed by atoms with E-state index in [1.807, 2.05) is 33.0 Å². The SMILES string of the molecule is CC(C)(C)N[S+]([O-])c1cc(NC(=O)NCc2ncccc2F)ccc1-c1cnc(C2CCCCC2)s1. The Balaban J connectivity index is 1.54. The Kier molecular flexibility index (Phi) is 8.61. The summed E-state index contributed by atoms with van der Waals surface area (Å²) in [5, 5.41) is 6.49. The van der Waals surface area contributed by atoms with Crippen molar-refractivity contribution < 1.29 is 13.7 Å². The minimum absolute atomic E-state index is 0.0498. The average Bonchev–Trinajstić information content (AvgIpc) is 3.33. The molecule has 2 amide bonds. The number of hydrogen-bond donors (Lipinski definition) is 3. The summed E-state index contributed by atoms with van der Waals surface area (Å²) in [5.74, 6) is 0.0120. The summed E-state index contributed by atoms with van der Waals surface area (Å²) in [5.41, 5.74) is 1.08. The molecule has 0 spiro atoms. The van der Waals surface area contributed by atoms with E-state index in [9.17, 15) is 13.7 Å². The second-order valence-electron chi connectivity index (χ2n) is 9.97. The monoisotopic (exact) mass is 529 g/mol. The first kappa shape index (κ1) is 26.5. The molecule has 1 aliphatic carbocycles. The van der Waals surface area contributed by atoms with Crippen LogP contribution in [0.15, 0.2) is 47.6 Å². The van der Waals surface area contributed by atoms with Gasteiger partial charge < -0.3 is 15.2 Å². The van der Waals surface area contributed by atoms with E-state index in [1.54, 1.807) is 23.5 Å². The maximum Gasteiger partial charge on any atom is 0.319 e. The first-order chi connectivity index (χ1) is 17.2. The van der Waals surface area contributed by atoms with Crippen molar-refractivity contribution in [3.05, 3.63) is 59.2 Å². The summed E-state index contributed by atoms with van der Waals surface area (Å²) >= 11 is 0.129. The van der Waals surface area contributed by atoms with Crippen LogP contribution in [-0.2, 0) is 17.9 Å². The molecule has 192 valence electrons. The molecule has 10 heteroatoms. The molecule has 1 fully saturated rings. The number of aromatic nitrogens is 2. The summed E-state index contributed by atoms with van der Waals surface area (Å²) in [4.78, 5) is 22.6. The summed E-state index contributed by atoms with van der Waals surface area (Å²) in [6.45, 7) is 5.80. The van der Waals surface area contributed by atoms with E-state index < -0.39 is 23.2 Å². The molecule has 0 aliphatic heterocycles. The fraction of sp³-hybridized carbons (Fsp3) is 0.423. The van der Waals surface area contributed by atoms with Gasteiger partial charge in [0.2, 0.25) is 0 Å². The number of halogens is 1. The zero-order valence-corrected chi connectivity index (χ0v) is 22.4. The molecule has 1 aliphatic rings. The van der Waals surface area contributed by atoms with E-state index in [-0.39, 0.29) is 17.8 Å². The molecule has 2 aromatic heterocycles. The van der Waals surface area contributed by atoms with Crippen LogP contribution in [0.25, 0.3) is 10.4 Å². The molecule has 3 N–H and O–H groups in total. The minimum Gasteiger partial charge on any atom is -0.593 e. The largest absolute Gasteiger partial charge is 0.593 e. The lowest BCUT2D eigenvalue weighted by molar-refractivity contribution is 0.251. The van der Waals surface area contributed by atoms with Crippen molar-refractivity contribution in [2.24, 2.45) is 0 Å². The summed E-state index contributed by atoms with van der Waals surface area (Å²) in [6.07, 6.45) is 9.42. The van der Waals surface area contributed by atoms with Gasteiger partial charge in [-0.05, 0) is 57.9 Å². The number of carbonyl (C=O) groups excluding carboxylic acids is 1. The Bertz CT molecular complexity index is 1190. The lowest BCUT2D eigenvalue weighted by atomic mass is 9.90. The van der Waals surface area contributed by atoms with E-state index >= 15 is 0 Å². The van der Waals surface area contributed by atoms with Crippen LogP contribution in [0.5, 0.6) is 0 Å². The van der Waals surface area contributed by atoms with Crippen molar-refractivity contribution in [1.82, 2.24) is 20.0 Å². The molecule has 1 saturated carbocycles. The van der Waals surface area contributed by atoms with Crippen LogP contribution >= 0.6 is 11.3 Å². The van der Waals surface area contributed by atoms with E-state index in [1.165, 1.54) is 37.6 Å². The number of rotatable bonds is 7. The van der Waals surface area contributed by atoms with Gasteiger partial charge in [0.15, 0.2) is 4.90 Å². The van der Waals surface area contributed by atoms with Gasteiger partial charge in [-0.2, -0.15) is 0 Å². The van der Waals surface area contributed by atoms with Crippen LogP contribution in [0.1, 0.15) is 69.5 Å². The van der Waals surface area contributed by atoms with Gasteiger partial charge in [0.1, 0.15) is 5.82 Å². The topological polar surface area (TPSA) is 102 Å². The van der Waals surface area contributed by atoms with Gasteiger partial charge in [-0.15, -0.1) is 16.1 Å². The van der Waals surface area contributed by atoms with Crippen LogP contribution in [-0.4, -0.2) is 26.1 Å². The standard InChI is InChI=1S/C26H32FN5O2S2/c1-26(2,3)32-36(34)23-14-18(31-25(33)30-15-21-20(27)10-7-13-28-21)11-12-19(23)22-16-29-24(35-22)17-8-5-4-6-9-17/h7,10-14,16-17,32H,4-6,8-9,15H2,1-3H3,(H2,30,31,33). The molecule has 4 rings (SSSR count). The fourth-order valence-electron chi connectivity index (χ4n) is 4.13. The Morgan fingerprint density at radius 2 is 1.97 bits per heavy atom. The number of benzene rings is 1. The highest BCUT2D eigenvalue weighted by atomic mass is 32.2. The van der Waals surface area contributed by atoms with Crippen molar-refractivity contribution >= 4 is 34.4 Å². The number of anilines is 1. The van der Waals surface area contributed by atoms with Crippen LogP contribution < -0.4 is 15.4 Å². The number of pyridine rings is 1. The zero-order chi connectivity index (χ0) is 25.7. The van der Waals surface area contributed by atoms with E-state index in [4.69, 9.17) is 4.98 Å². The normalized spacial score (nSPS) is 15.5. The lowest BCUT2D eigenvalue weighted by Gasteiger charge is -2.23. The maximum absolute atomic E-state index is 13.8. The van der Waals surface area contributed by atoms with Crippen LogP contribution in [0.2, 0.25) is 0 Å². The Morgan fingerprint density at radius 3 is 2.69 bits per heavy atom. The van der Waals surface area contributed by atoms with Gasteiger partial charge in [0, 0.05) is 30.1 Å². The van der Waals surface area contributed by atoms with Gasteiger partial charge in [-0.3, -0.25) is 4.98 Å². The van der Waals surface area contributed by atoms with Crippen molar-refractivity contribution in [2.45, 2.75) is 75.8 Å². The van der Waals surface area contributed by atoms with Gasteiger partial charge in [-0.25, -0.2) is 14.2 Å². The summed E-state index contributed by atoms with van der Waals surface area (Å²) in [7, 11) is 0. The minimum atomic E-state index is -1.52. The third-order valence-corrected chi connectivity index (χ3v) is 8.56. The molecule has 1 unspecified atom stereocenters. The third-order valence-electron chi connectivity index (χ3n) is 5.83. The second-order valence-corrected chi connectivity index (χ2v) is 12.2. The smallest absolute Gasteiger partial charge is 0.319 e. The average molecular weight is 530 g/mol. The molecule has 1 aromatic carbocycles. The lowest BCUT2D eigenvalue weighted by Crippen LogP contribution is -2.40. The third kappa shape index (κ3) is 7.03. The predicted molar refractivity (Wildman–Crippen MR) is 143 cm³/mol. The number of urea groups is 1. The second kappa shape index (κ2) is 11.7. The number of nitrogens with one attached hydrogen (secondary N) is 3. The first-order valence-electron chi connectivity index (χ1n) is 12.1. The first-order valence-corrected chi connectivity index (χ1v) is 14.1. The van der Waals surface area contributed by atoms with E-state index in [0.717, 1.165) is 28.3 Å². The molecule has 0 radical (unpaired) electrons. The van der Waals surface area contributed by atoms with Crippen molar-refractivity contribution in [1.29, 1.82) is 0 Å². The molecule has 0 bridgehead atoms. The van der Waals surface area contributed by atoms with Gasteiger partial charge in [0.25, 0.3) is 0 Å². The van der Waals surface area contributed by atoms with Crippen LogP contribution in [0.4, 0.5) is 14.9 Å². The molecule has 1 atom stereocenters. The number of thiazole rings is 1. The maximum atomic E-state index is 13.8. The highest BCUT2D eigenvalue weighted by molar-refractivity contribution is 7.89. The molecule has 3 aromatic rings. The van der Waals surface area contributed by atoms with Crippen molar-refractivity contribution in [2.75, 3.05) is 5.32 Å². The number of amides is 2. The molecule has 2 heterocycles. The predicted octanol–water partition coefficient (Wildman–Crippen LogP) is 6.12. The molecule has 36 heavy (non-hydrogen) atoms. The Hall–Kier alpha value is -2.53. The highest BCUT2D eigenvalue weighted by Crippen LogP contribution is 2.39. The quantitative estimate of drug-likeness (QED) is 0.320. The number of nitrogens with zero attached hydrogens (tertiary/aromatic N) is 2. The van der Waals surface area contributed by atoms with Crippen molar-refractivity contribution in [3.8, 4) is 10.4 Å². The number of carbonyl (C=O) groups is 1. The fourth-order valence-corrected chi connectivity index (χ4v) is 6.60. The highest BCUT2D eigenvalue weighted by Gasteiger charge is 2.27. The zero-order valence-electron chi connectivity index (χ0n) is 20.8. The van der Waals surface area contributed by atoms with E-state index in [2.05, 4.69) is 20.3 Å². The Labute approximate surface area is 218 Å². The summed E-state index contributed by atoms with van der Waals surface area (Å²) < 4.78 is 30.3. The van der Waals surface area contributed by atoms with Gasteiger partial charge in [0.05, 0.1) is 44.6 Å². The van der Waals surface area contributed by atoms with Gasteiger partial charge in [-0.1, -0.05) is 19.3 Å². The van der Waals surface area contributed by atoms with Crippen molar-refractivity contribution in [3.63, 3.8) is 0 Å². The number of hydrogen-bond acceptors (Lipinski definition) is 6. The van der Waals surface area contributed by atoms with Crippen LogP contribution in [0, 0.1) is 5.82 Å². The van der Waals surface area contributed by atoms with E-state index in [0.29, 0.717) is 16.5 Å².